The van der Waals surface area contributed by atoms with Crippen molar-refractivity contribution in [3.8, 4) is 0 Å². The number of hydrogen-bond acceptors (Lipinski definition) is 3. The van der Waals surface area contributed by atoms with E-state index >= 15 is 0 Å². The third-order valence-corrected chi connectivity index (χ3v) is 3.77. The number of thiocarbonyl (C=S) groups is 1. The molecule has 20 heavy (non-hydrogen) atoms. The number of carbonyl (C=O) groups is 1. The van der Waals surface area contributed by atoms with Crippen molar-refractivity contribution < 1.29 is 13.9 Å². The van der Waals surface area contributed by atoms with Gasteiger partial charge in [-0.05, 0) is 25.2 Å². The molecule has 0 aromatic heterocycles. The van der Waals surface area contributed by atoms with Crippen molar-refractivity contribution in [3.63, 3.8) is 0 Å². The van der Waals surface area contributed by atoms with Gasteiger partial charge in [-0.2, -0.15) is 0 Å². The van der Waals surface area contributed by atoms with Crippen LogP contribution in [-0.2, 0) is 9.53 Å². The zero-order valence-electron chi connectivity index (χ0n) is 11.4. The molecule has 6 heteroatoms. The first-order valence-corrected chi connectivity index (χ1v) is 6.46. The molecule has 0 unspecified atom stereocenters. The largest absolute Gasteiger partial charge is 0.466 e. The van der Waals surface area contributed by atoms with E-state index in [9.17, 15) is 9.18 Å². The minimum absolute atomic E-state index is 0.355. The SMILES string of the molecule is COC(=O)C1=C(C)N(C)C(=S)N[C@H]1c1ccccc1F. The van der Waals surface area contributed by atoms with E-state index < -0.39 is 17.8 Å². The molecule has 0 saturated heterocycles. The zero-order chi connectivity index (χ0) is 14.9. The smallest absolute Gasteiger partial charge is 0.337 e. The molecular weight excluding hydrogens is 279 g/mol. The minimum Gasteiger partial charge on any atom is -0.466 e. The summed E-state index contributed by atoms with van der Waals surface area (Å²) in [4.78, 5) is 13.7. The van der Waals surface area contributed by atoms with Crippen molar-refractivity contribution in [2.45, 2.75) is 13.0 Å². The summed E-state index contributed by atoms with van der Waals surface area (Å²) in [7, 11) is 3.04. The predicted octanol–water partition coefficient (Wildman–Crippen LogP) is 2.13. The van der Waals surface area contributed by atoms with Gasteiger partial charge in [0.2, 0.25) is 0 Å². The van der Waals surface area contributed by atoms with Crippen LogP contribution in [0.25, 0.3) is 0 Å². The summed E-state index contributed by atoms with van der Waals surface area (Å²) in [5.74, 6) is -0.899. The van der Waals surface area contributed by atoms with Crippen LogP contribution >= 0.6 is 12.2 Å². The van der Waals surface area contributed by atoms with Crippen LogP contribution in [0.4, 0.5) is 4.39 Å². The van der Waals surface area contributed by atoms with Crippen LogP contribution in [0.15, 0.2) is 35.5 Å². The van der Waals surface area contributed by atoms with Gasteiger partial charge in [0, 0.05) is 18.3 Å². The van der Waals surface area contributed by atoms with E-state index in [-0.39, 0.29) is 0 Å². The fourth-order valence-electron chi connectivity index (χ4n) is 2.15. The van der Waals surface area contributed by atoms with Crippen LogP contribution < -0.4 is 5.32 Å². The Morgan fingerprint density at radius 1 is 1.45 bits per heavy atom. The molecule has 1 aromatic rings. The van der Waals surface area contributed by atoms with Gasteiger partial charge >= 0.3 is 5.97 Å². The Balaban J connectivity index is 2.58. The summed E-state index contributed by atoms with van der Waals surface area (Å²) < 4.78 is 18.8. The highest BCUT2D eigenvalue weighted by atomic mass is 32.1. The molecule has 1 aromatic carbocycles. The zero-order valence-corrected chi connectivity index (χ0v) is 12.3. The summed E-state index contributed by atoms with van der Waals surface area (Å²) in [6, 6.07) is 5.64. The molecule has 0 spiro atoms. The number of hydrogen-bond donors (Lipinski definition) is 1. The van der Waals surface area contributed by atoms with E-state index in [1.165, 1.54) is 13.2 Å². The molecule has 1 atom stereocenters. The summed E-state index contributed by atoms with van der Waals surface area (Å²) >= 11 is 5.21. The number of nitrogens with one attached hydrogen (secondary N) is 1. The quantitative estimate of drug-likeness (QED) is 0.668. The molecule has 0 aliphatic carbocycles. The van der Waals surface area contributed by atoms with Gasteiger partial charge < -0.3 is 15.0 Å². The lowest BCUT2D eigenvalue weighted by atomic mass is 9.95. The highest BCUT2D eigenvalue weighted by Gasteiger charge is 2.34. The maximum Gasteiger partial charge on any atom is 0.337 e. The van der Waals surface area contributed by atoms with Crippen LogP contribution in [0, 0.1) is 5.82 Å². The Bertz CT molecular complexity index is 601. The van der Waals surface area contributed by atoms with Crippen molar-refractivity contribution in [3.05, 3.63) is 46.9 Å². The third-order valence-electron chi connectivity index (χ3n) is 3.38. The fraction of sp³-hybridized carbons (Fsp3) is 0.286. The van der Waals surface area contributed by atoms with E-state index in [0.29, 0.717) is 21.9 Å². The summed E-state index contributed by atoms with van der Waals surface area (Å²) in [6.07, 6.45) is 0. The number of carbonyl (C=O) groups excluding carboxylic acids is 1. The van der Waals surface area contributed by atoms with Crippen LogP contribution in [0.5, 0.6) is 0 Å². The maximum atomic E-state index is 14.0. The van der Waals surface area contributed by atoms with Crippen molar-refractivity contribution in [1.82, 2.24) is 10.2 Å². The predicted molar refractivity (Wildman–Crippen MR) is 77.4 cm³/mol. The number of esters is 1. The van der Waals surface area contributed by atoms with Crippen LogP contribution in [0.2, 0.25) is 0 Å². The van der Waals surface area contributed by atoms with E-state index in [1.807, 2.05) is 0 Å². The molecule has 1 heterocycles. The topological polar surface area (TPSA) is 41.6 Å². The summed E-state index contributed by atoms with van der Waals surface area (Å²) in [5, 5.41) is 3.41. The molecule has 0 bridgehead atoms. The molecule has 0 saturated carbocycles. The number of methoxy groups -OCH3 is 1. The Hall–Kier alpha value is -1.95. The number of ether oxygens (including phenoxy) is 1. The monoisotopic (exact) mass is 294 g/mol. The molecule has 0 fully saturated rings. The first-order chi connectivity index (χ1) is 9.47. The van der Waals surface area contributed by atoms with Gasteiger partial charge in [-0.3, -0.25) is 0 Å². The van der Waals surface area contributed by atoms with E-state index in [4.69, 9.17) is 17.0 Å². The number of benzene rings is 1. The van der Waals surface area contributed by atoms with Crippen molar-refractivity contribution >= 4 is 23.3 Å². The molecule has 1 aliphatic heterocycles. The number of rotatable bonds is 2. The normalized spacial score (nSPS) is 18.9. The molecule has 4 nitrogen and oxygen atoms in total. The molecule has 106 valence electrons. The second kappa shape index (κ2) is 5.58. The summed E-state index contributed by atoms with van der Waals surface area (Å²) in [6.45, 7) is 1.76. The average molecular weight is 294 g/mol. The van der Waals surface area contributed by atoms with Crippen LogP contribution in [-0.4, -0.2) is 30.1 Å². The van der Waals surface area contributed by atoms with Gasteiger partial charge in [0.1, 0.15) is 5.82 Å². The fourth-order valence-corrected chi connectivity index (χ4v) is 2.41. The first-order valence-electron chi connectivity index (χ1n) is 6.05. The molecule has 0 amide bonds. The third kappa shape index (κ3) is 2.38. The van der Waals surface area contributed by atoms with Crippen molar-refractivity contribution in [2.75, 3.05) is 14.2 Å². The van der Waals surface area contributed by atoms with E-state index in [2.05, 4.69) is 5.32 Å². The molecular formula is C14H15FN2O2S. The molecule has 1 aliphatic rings. The number of allylic oxidation sites excluding steroid dienone is 1. The van der Waals surface area contributed by atoms with Gasteiger partial charge in [0.05, 0.1) is 18.7 Å². The highest BCUT2D eigenvalue weighted by Crippen LogP contribution is 2.31. The van der Waals surface area contributed by atoms with Crippen molar-refractivity contribution in [2.24, 2.45) is 0 Å². The van der Waals surface area contributed by atoms with Gasteiger partial charge in [-0.25, -0.2) is 9.18 Å². The second-order valence-electron chi connectivity index (χ2n) is 4.45. The lowest BCUT2D eigenvalue weighted by Gasteiger charge is -2.35. The lowest BCUT2D eigenvalue weighted by molar-refractivity contribution is -0.136. The number of nitrogens with zero attached hydrogens (tertiary/aromatic N) is 1. The van der Waals surface area contributed by atoms with Gasteiger partial charge in [-0.15, -0.1) is 0 Å². The minimum atomic E-state index is -0.646. The van der Waals surface area contributed by atoms with Gasteiger partial charge in [-0.1, -0.05) is 18.2 Å². The molecule has 1 N–H and O–H groups in total. The Kier molecular flexibility index (Phi) is 4.04. The Morgan fingerprint density at radius 3 is 2.70 bits per heavy atom. The lowest BCUT2D eigenvalue weighted by Crippen LogP contribution is -2.46. The van der Waals surface area contributed by atoms with Crippen molar-refractivity contribution in [1.29, 1.82) is 0 Å². The van der Waals surface area contributed by atoms with Crippen LogP contribution in [0.3, 0.4) is 0 Å². The first kappa shape index (κ1) is 14.5. The Labute approximate surface area is 122 Å². The van der Waals surface area contributed by atoms with Crippen LogP contribution in [0.1, 0.15) is 18.5 Å². The van der Waals surface area contributed by atoms with E-state index in [0.717, 1.165) is 0 Å². The summed E-state index contributed by atoms with van der Waals surface area (Å²) in [5.41, 5.74) is 1.37. The second-order valence-corrected chi connectivity index (χ2v) is 4.84. The standard InChI is InChI=1S/C14H15FN2O2S/c1-8-11(13(18)19-3)12(16-14(20)17(8)2)9-6-4-5-7-10(9)15/h4-7,12H,1-3H3,(H,16,20)/t12-/m0/s1. The maximum absolute atomic E-state index is 14.0. The van der Waals surface area contributed by atoms with E-state index in [1.54, 1.807) is 37.1 Å². The molecule has 0 radical (unpaired) electrons. The number of halogens is 1. The van der Waals surface area contributed by atoms with Gasteiger partial charge in [0.15, 0.2) is 5.11 Å². The Morgan fingerprint density at radius 2 is 2.10 bits per heavy atom. The van der Waals surface area contributed by atoms with Gasteiger partial charge in [0.25, 0.3) is 0 Å². The molecule has 2 rings (SSSR count). The average Bonchev–Trinajstić information content (AvgIpc) is 2.44. The highest BCUT2D eigenvalue weighted by molar-refractivity contribution is 7.80.